The van der Waals surface area contributed by atoms with E-state index >= 15 is 0 Å². The molecule has 0 aliphatic carbocycles. The number of hydrogen-bond donors (Lipinski definition) is 1. The van der Waals surface area contributed by atoms with Gasteiger partial charge in [0.05, 0.1) is 18.6 Å². The number of nitrogens with one attached hydrogen (secondary N) is 1. The van der Waals surface area contributed by atoms with Gasteiger partial charge in [-0.05, 0) is 37.3 Å². The molecule has 2 aromatic heterocycles. The summed E-state index contributed by atoms with van der Waals surface area (Å²) in [4.78, 5) is 24.9. The number of aromatic nitrogens is 3. The molecule has 2 heterocycles. The molecule has 0 spiro atoms. The molecule has 0 bridgehead atoms. The SMILES string of the molecule is COc1ccc(-c2cc(C)nc(SCC(=O)Nc3nccs3)n2)cc1. The highest BCUT2D eigenvalue weighted by atomic mass is 32.2. The van der Waals surface area contributed by atoms with E-state index in [-0.39, 0.29) is 11.7 Å². The number of nitrogens with zero attached hydrogens (tertiary/aromatic N) is 3. The summed E-state index contributed by atoms with van der Waals surface area (Å²) >= 11 is 2.68. The molecule has 0 saturated heterocycles. The topological polar surface area (TPSA) is 77.0 Å². The van der Waals surface area contributed by atoms with Crippen molar-refractivity contribution in [3.63, 3.8) is 0 Å². The lowest BCUT2D eigenvalue weighted by atomic mass is 10.1. The first-order chi connectivity index (χ1) is 12.1. The second-order valence-electron chi connectivity index (χ2n) is 5.08. The van der Waals surface area contributed by atoms with E-state index in [1.54, 1.807) is 13.3 Å². The van der Waals surface area contributed by atoms with Crippen LogP contribution < -0.4 is 10.1 Å². The maximum absolute atomic E-state index is 12.0. The third kappa shape index (κ3) is 4.77. The van der Waals surface area contributed by atoms with Crippen molar-refractivity contribution in [3.8, 4) is 17.0 Å². The number of rotatable bonds is 6. The van der Waals surface area contributed by atoms with Gasteiger partial charge in [-0.25, -0.2) is 15.0 Å². The molecule has 8 heteroatoms. The van der Waals surface area contributed by atoms with Crippen molar-refractivity contribution in [2.75, 3.05) is 18.2 Å². The number of hydrogen-bond acceptors (Lipinski definition) is 7. The number of thioether (sulfide) groups is 1. The molecule has 1 amide bonds. The second-order valence-corrected chi connectivity index (χ2v) is 6.92. The van der Waals surface area contributed by atoms with E-state index in [0.29, 0.717) is 10.3 Å². The van der Waals surface area contributed by atoms with Crippen LogP contribution in [0.5, 0.6) is 5.75 Å². The van der Waals surface area contributed by atoms with Gasteiger partial charge in [-0.15, -0.1) is 11.3 Å². The van der Waals surface area contributed by atoms with Crippen molar-refractivity contribution in [2.45, 2.75) is 12.1 Å². The van der Waals surface area contributed by atoms with Gasteiger partial charge in [0.25, 0.3) is 0 Å². The van der Waals surface area contributed by atoms with Crippen LogP contribution in [0.3, 0.4) is 0 Å². The van der Waals surface area contributed by atoms with Crippen LogP contribution in [-0.2, 0) is 4.79 Å². The Hall–Kier alpha value is -2.45. The number of methoxy groups -OCH3 is 1. The van der Waals surface area contributed by atoms with Gasteiger partial charge in [0.15, 0.2) is 10.3 Å². The summed E-state index contributed by atoms with van der Waals surface area (Å²) in [5.74, 6) is 0.893. The first kappa shape index (κ1) is 17.4. The number of carbonyl (C=O) groups excluding carboxylic acids is 1. The second kappa shape index (κ2) is 8.09. The Kier molecular flexibility index (Phi) is 5.62. The van der Waals surface area contributed by atoms with Crippen molar-refractivity contribution >= 4 is 34.1 Å². The highest BCUT2D eigenvalue weighted by Crippen LogP contribution is 2.24. The molecule has 0 atom stereocenters. The summed E-state index contributed by atoms with van der Waals surface area (Å²) in [6, 6.07) is 9.60. The maximum atomic E-state index is 12.0. The molecule has 1 N–H and O–H groups in total. The Balaban J connectivity index is 1.69. The maximum Gasteiger partial charge on any atom is 0.236 e. The molecule has 25 heavy (non-hydrogen) atoms. The van der Waals surface area contributed by atoms with E-state index in [1.807, 2.05) is 42.6 Å². The minimum atomic E-state index is -0.129. The minimum absolute atomic E-state index is 0.129. The van der Waals surface area contributed by atoms with Gasteiger partial charge < -0.3 is 10.1 Å². The number of aryl methyl sites for hydroxylation is 1. The lowest BCUT2D eigenvalue weighted by molar-refractivity contribution is -0.113. The number of ether oxygens (including phenoxy) is 1. The predicted octanol–water partition coefficient (Wildman–Crippen LogP) is 3.65. The number of thiazole rings is 1. The standard InChI is InChI=1S/C17H16N4O2S2/c1-11-9-14(12-3-5-13(23-2)6-4-12)20-17(19-11)25-10-15(22)21-16-18-7-8-24-16/h3-9H,10H2,1-2H3,(H,18,21,22). The van der Waals surface area contributed by atoms with Crippen LogP contribution in [0.4, 0.5) is 5.13 Å². The van der Waals surface area contributed by atoms with Gasteiger partial charge in [0, 0.05) is 22.8 Å². The molecule has 0 aliphatic heterocycles. The predicted molar refractivity (Wildman–Crippen MR) is 100 cm³/mol. The van der Waals surface area contributed by atoms with E-state index in [2.05, 4.69) is 20.3 Å². The van der Waals surface area contributed by atoms with E-state index in [0.717, 1.165) is 22.7 Å². The molecule has 0 saturated carbocycles. The molecular formula is C17H16N4O2S2. The van der Waals surface area contributed by atoms with E-state index in [4.69, 9.17) is 4.74 Å². The number of anilines is 1. The summed E-state index contributed by atoms with van der Waals surface area (Å²) in [6.45, 7) is 1.91. The van der Waals surface area contributed by atoms with E-state index in [9.17, 15) is 4.79 Å². The normalized spacial score (nSPS) is 10.5. The number of amides is 1. The molecular weight excluding hydrogens is 356 g/mol. The fourth-order valence-electron chi connectivity index (χ4n) is 2.09. The zero-order chi connectivity index (χ0) is 17.6. The van der Waals surface area contributed by atoms with Gasteiger partial charge >= 0.3 is 0 Å². The molecule has 3 rings (SSSR count). The summed E-state index contributed by atoms with van der Waals surface area (Å²) in [7, 11) is 1.63. The van der Waals surface area contributed by atoms with Crippen LogP contribution in [0.15, 0.2) is 47.1 Å². The fourth-order valence-corrected chi connectivity index (χ4v) is 3.34. The summed E-state index contributed by atoms with van der Waals surface area (Å²) < 4.78 is 5.17. The van der Waals surface area contributed by atoms with Gasteiger partial charge in [-0.3, -0.25) is 4.79 Å². The number of benzene rings is 1. The molecule has 6 nitrogen and oxygen atoms in total. The van der Waals surface area contributed by atoms with Gasteiger partial charge in [-0.1, -0.05) is 11.8 Å². The zero-order valence-electron chi connectivity index (χ0n) is 13.7. The lowest BCUT2D eigenvalue weighted by Gasteiger charge is -2.07. The summed E-state index contributed by atoms with van der Waals surface area (Å²) in [5.41, 5.74) is 2.64. The fraction of sp³-hybridized carbons (Fsp3) is 0.176. The highest BCUT2D eigenvalue weighted by molar-refractivity contribution is 7.99. The van der Waals surface area contributed by atoms with Crippen LogP contribution >= 0.6 is 23.1 Å². The smallest absolute Gasteiger partial charge is 0.236 e. The van der Waals surface area contributed by atoms with Crippen LogP contribution in [0.1, 0.15) is 5.69 Å². The highest BCUT2D eigenvalue weighted by Gasteiger charge is 2.09. The van der Waals surface area contributed by atoms with Gasteiger partial charge in [-0.2, -0.15) is 0 Å². The van der Waals surface area contributed by atoms with Crippen LogP contribution in [0.25, 0.3) is 11.3 Å². The molecule has 3 aromatic rings. The van der Waals surface area contributed by atoms with Crippen molar-refractivity contribution in [2.24, 2.45) is 0 Å². The molecule has 1 aromatic carbocycles. The Bertz CT molecular complexity index is 852. The average molecular weight is 372 g/mol. The van der Waals surface area contributed by atoms with Crippen LogP contribution in [0, 0.1) is 6.92 Å². The monoisotopic (exact) mass is 372 g/mol. The van der Waals surface area contributed by atoms with Crippen molar-refractivity contribution < 1.29 is 9.53 Å². The molecule has 0 unspecified atom stereocenters. The molecule has 0 fully saturated rings. The van der Waals surface area contributed by atoms with Crippen LogP contribution in [0.2, 0.25) is 0 Å². The third-order valence-electron chi connectivity index (χ3n) is 3.23. The lowest BCUT2D eigenvalue weighted by Crippen LogP contribution is -2.14. The Morgan fingerprint density at radius 2 is 2.08 bits per heavy atom. The van der Waals surface area contributed by atoms with Crippen molar-refractivity contribution in [3.05, 3.63) is 47.6 Å². The Morgan fingerprint density at radius 3 is 2.76 bits per heavy atom. The zero-order valence-corrected chi connectivity index (χ0v) is 15.4. The first-order valence-corrected chi connectivity index (χ1v) is 9.33. The van der Waals surface area contributed by atoms with Crippen molar-refractivity contribution in [1.29, 1.82) is 0 Å². The molecule has 0 radical (unpaired) electrons. The molecule has 128 valence electrons. The van der Waals surface area contributed by atoms with Crippen molar-refractivity contribution in [1.82, 2.24) is 15.0 Å². The Morgan fingerprint density at radius 1 is 1.28 bits per heavy atom. The summed E-state index contributed by atoms with van der Waals surface area (Å²) in [6.07, 6.45) is 1.65. The third-order valence-corrected chi connectivity index (χ3v) is 4.77. The number of carbonyl (C=O) groups is 1. The van der Waals surface area contributed by atoms with E-state index < -0.39 is 0 Å². The van der Waals surface area contributed by atoms with Gasteiger partial charge in [0.1, 0.15) is 5.75 Å². The largest absolute Gasteiger partial charge is 0.497 e. The van der Waals surface area contributed by atoms with E-state index in [1.165, 1.54) is 23.1 Å². The van der Waals surface area contributed by atoms with Gasteiger partial charge in [0.2, 0.25) is 5.91 Å². The molecule has 0 aliphatic rings. The van der Waals surface area contributed by atoms with Crippen LogP contribution in [-0.4, -0.2) is 33.7 Å². The first-order valence-electron chi connectivity index (χ1n) is 7.46. The Labute approximate surface area is 153 Å². The quantitative estimate of drug-likeness (QED) is 0.526. The average Bonchev–Trinajstić information content (AvgIpc) is 3.12. The summed E-state index contributed by atoms with van der Waals surface area (Å²) in [5, 5.41) is 5.72. The minimum Gasteiger partial charge on any atom is -0.497 e.